The minimum absolute atomic E-state index is 0.00551. The number of thioether (sulfide) groups is 1. The molecule has 2 fully saturated rings. The molecule has 0 radical (unpaired) electrons. The van der Waals surface area contributed by atoms with Crippen LogP contribution in [0.4, 0.5) is 5.69 Å². The van der Waals surface area contributed by atoms with Gasteiger partial charge in [-0.05, 0) is 38.3 Å². The molecule has 7 nitrogen and oxygen atoms in total. The Balaban J connectivity index is 1.67. The predicted octanol–water partition coefficient (Wildman–Crippen LogP) is 3.12. The second-order valence-corrected chi connectivity index (χ2v) is 11.9. The van der Waals surface area contributed by atoms with Crippen LogP contribution in [0.2, 0.25) is 5.02 Å². The van der Waals surface area contributed by atoms with E-state index in [2.05, 4.69) is 0 Å². The van der Waals surface area contributed by atoms with Crippen molar-refractivity contribution in [2.24, 2.45) is 11.8 Å². The summed E-state index contributed by atoms with van der Waals surface area (Å²) in [5, 5.41) is 10.3. The van der Waals surface area contributed by atoms with Crippen molar-refractivity contribution >= 4 is 46.8 Å². The van der Waals surface area contributed by atoms with E-state index in [1.165, 1.54) is 16.7 Å². The Morgan fingerprint density at radius 2 is 1.97 bits per heavy atom. The van der Waals surface area contributed by atoms with Crippen LogP contribution in [0.1, 0.15) is 25.3 Å². The summed E-state index contributed by atoms with van der Waals surface area (Å²) in [6, 6.07) is 4.58. The van der Waals surface area contributed by atoms with Gasteiger partial charge in [-0.1, -0.05) is 48.0 Å². The summed E-state index contributed by atoms with van der Waals surface area (Å²) in [5.41, 5.74) is 1.46. The molecule has 186 valence electrons. The maximum Gasteiger partial charge on any atom is 0.311 e. The second-order valence-electron chi connectivity index (χ2n) is 9.72. The highest BCUT2D eigenvalue weighted by molar-refractivity contribution is 8.02. The van der Waals surface area contributed by atoms with Gasteiger partial charge >= 0.3 is 5.97 Å². The monoisotopic (exact) mass is 516 g/mol. The van der Waals surface area contributed by atoms with Gasteiger partial charge in [0.15, 0.2) is 0 Å². The van der Waals surface area contributed by atoms with E-state index in [1.54, 1.807) is 11.0 Å². The number of cyclic esters (lactones) is 1. The summed E-state index contributed by atoms with van der Waals surface area (Å²) in [4.78, 5) is 44.6. The number of para-hydroxylation sites is 1. The van der Waals surface area contributed by atoms with Crippen LogP contribution in [0.5, 0.6) is 0 Å². The van der Waals surface area contributed by atoms with Gasteiger partial charge in [0.2, 0.25) is 5.91 Å². The molecule has 2 amide bonds. The zero-order chi connectivity index (χ0) is 25.0. The molecule has 1 spiro atoms. The number of halogens is 1. The highest BCUT2D eigenvalue weighted by atomic mass is 35.5. The van der Waals surface area contributed by atoms with Gasteiger partial charge in [-0.3, -0.25) is 14.4 Å². The molecule has 0 aliphatic carbocycles. The third-order valence-electron chi connectivity index (χ3n) is 7.55. The first-order valence-corrected chi connectivity index (χ1v) is 13.1. The number of carbonyl (C=O) groups is 3. The fourth-order valence-corrected chi connectivity index (χ4v) is 8.62. The average Bonchev–Trinajstić information content (AvgIpc) is 3.15. The lowest BCUT2D eigenvalue weighted by atomic mass is 9.74. The number of hydrogen-bond donors (Lipinski definition) is 1. The summed E-state index contributed by atoms with van der Waals surface area (Å²) in [7, 11) is 0. The highest BCUT2D eigenvalue weighted by Gasteiger charge is 2.73. The molecule has 4 aliphatic rings. The van der Waals surface area contributed by atoms with Gasteiger partial charge in [0.25, 0.3) is 5.91 Å². The van der Waals surface area contributed by atoms with Crippen molar-refractivity contribution in [2.45, 2.75) is 42.2 Å². The number of aliphatic hydroxyl groups excluding tert-OH is 1. The van der Waals surface area contributed by atoms with Crippen molar-refractivity contribution in [3.8, 4) is 0 Å². The van der Waals surface area contributed by atoms with Crippen LogP contribution in [0.25, 0.3) is 0 Å². The number of rotatable bonds is 3. The SMILES string of the molecule is Cc1cccc(Cl)c1N1CC=C[C@]23S[C@@]4(C)/C=C\CCCOC(=O)[C@H]4[C@H]2C(=O)N(CCO)C3C1=O. The number of hydrogen-bond acceptors (Lipinski definition) is 6. The smallest absolute Gasteiger partial charge is 0.311 e. The first-order chi connectivity index (χ1) is 16.7. The van der Waals surface area contributed by atoms with Crippen LogP contribution in [0.15, 0.2) is 42.5 Å². The number of carbonyl (C=O) groups excluding carboxylic acids is 3. The summed E-state index contributed by atoms with van der Waals surface area (Å²) in [6.45, 7) is 4.15. The van der Waals surface area contributed by atoms with Crippen molar-refractivity contribution in [1.82, 2.24) is 4.90 Å². The molecule has 2 saturated heterocycles. The molecule has 1 unspecified atom stereocenters. The molecule has 35 heavy (non-hydrogen) atoms. The van der Waals surface area contributed by atoms with Gasteiger partial charge in [0, 0.05) is 17.8 Å². The first kappa shape index (κ1) is 24.4. The van der Waals surface area contributed by atoms with Crippen LogP contribution in [0.3, 0.4) is 0 Å². The molecule has 4 heterocycles. The molecule has 0 bridgehead atoms. The number of allylic oxidation sites excluding steroid dienone is 1. The molecular weight excluding hydrogens is 488 g/mol. The number of β-amino-alcohol motifs (C(OH)–C–C–N with tert-alkyl or cyclic N) is 1. The van der Waals surface area contributed by atoms with Crippen molar-refractivity contribution in [3.63, 3.8) is 0 Å². The highest BCUT2D eigenvalue weighted by Crippen LogP contribution is 2.65. The Morgan fingerprint density at radius 1 is 1.17 bits per heavy atom. The van der Waals surface area contributed by atoms with Gasteiger partial charge in [0.05, 0.1) is 40.5 Å². The normalized spacial score (nSPS) is 35.4. The lowest BCUT2D eigenvalue weighted by molar-refractivity contribution is -0.154. The van der Waals surface area contributed by atoms with E-state index in [1.807, 2.05) is 50.3 Å². The van der Waals surface area contributed by atoms with Gasteiger partial charge in [-0.25, -0.2) is 0 Å². The number of aliphatic hydroxyl groups is 1. The number of fused-ring (bicyclic) bond motifs is 2. The third-order valence-corrected chi connectivity index (χ3v) is 9.65. The number of aryl methyl sites for hydroxylation is 1. The fraction of sp³-hybridized carbons (Fsp3) is 0.500. The topological polar surface area (TPSA) is 87.2 Å². The van der Waals surface area contributed by atoms with Crippen LogP contribution < -0.4 is 4.90 Å². The Hall–Kier alpha value is -2.29. The minimum Gasteiger partial charge on any atom is -0.465 e. The number of amides is 2. The van der Waals surface area contributed by atoms with E-state index in [-0.39, 0.29) is 31.5 Å². The summed E-state index contributed by atoms with van der Waals surface area (Å²) < 4.78 is 3.91. The molecule has 1 aromatic rings. The van der Waals surface area contributed by atoms with Gasteiger partial charge in [-0.2, -0.15) is 0 Å². The Morgan fingerprint density at radius 3 is 2.71 bits per heavy atom. The van der Waals surface area contributed by atoms with Crippen LogP contribution in [-0.2, 0) is 19.1 Å². The number of nitrogens with zero attached hydrogens (tertiary/aromatic N) is 2. The van der Waals surface area contributed by atoms with Crippen LogP contribution >= 0.6 is 23.4 Å². The van der Waals surface area contributed by atoms with E-state index < -0.39 is 33.3 Å². The summed E-state index contributed by atoms with van der Waals surface area (Å²) in [5.74, 6) is -2.50. The van der Waals surface area contributed by atoms with E-state index in [4.69, 9.17) is 16.3 Å². The molecule has 5 atom stereocenters. The van der Waals surface area contributed by atoms with Gasteiger partial charge in [0.1, 0.15) is 6.04 Å². The number of likely N-dealkylation sites (tertiary alicyclic amines) is 1. The number of esters is 1. The maximum atomic E-state index is 14.3. The molecule has 1 N–H and O–H groups in total. The quantitative estimate of drug-likeness (QED) is 0.490. The number of anilines is 1. The maximum absolute atomic E-state index is 14.3. The Labute approximate surface area is 214 Å². The molecule has 0 saturated carbocycles. The van der Waals surface area contributed by atoms with E-state index in [0.717, 1.165) is 18.4 Å². The van der Waals surface area contributed by atoms with Gasteiger partial charge in [-0.15, -0.1) is 11.8 Å². The zero-order valence-electron chi connectivity index (χ0n) is 19.8. The van der Waals surface area contributed by atoms with E-state index >= 15 is 0 Å². The molecule has 9 heteroatoms. The molecule has 1 aromatic carbocycles. The lowest BCUT2D eigenvalue weighted by Gasteiger charge is -2.37. The average molecular weight is 517 g/mol. The third kappa shape index (κ3) is 3.64. The second kappa shape index (κ2) is 8.98. The van der Waals surface area contributed by atoms with Crippen LogP contribution in [0, 0.1) is 18.8 Å². The van der Waals surface area contributed by atoms with Crippen molar-refractivity contribution in [2.75, 3.05) is 31.2 Å². The number of ether oxygens (including phenoxy) is 1. The minimum atomic E-state index is -0.977. The van der Waals surface area contributed by atoms with E-state index in [9.17, 15) is 19.5 Å². The standard InChI is InChI=1S/C26H29ClN2O5S/c1-16-8-6-9-17(27)20(16)28-12-7-11-26-18(22(31)29(13-14-30)21(26)23(28)32)19-24(33)34-15-5-3-4-10-25(19,2)35-26/h4,6-11,18-19,21,30H,3,5,12-15H2,1-2H3/b10-4-/t18-,19+,21?,25-,26-/m0/s1. The largest absolute Gasteiger partial charge is 0.465 e. The lowest BCUT2D eigenvalue weighted by Crippen LogP contribution is -2.54. The van der Waals surface area contributed by atoms with Crippen molar-refractivity contribution < 1.29 is 24.2 Å². The first-order valence-electron chi connectivity index (χ1n) is 12.0. The molecular formula is C26H29ClN2O5S. The Kier molecular flexibility index (Phi) is 6.26. The predicted molar refractivity (Wildman–Crippen MR) is 135 cm³/mol. The molecule has 0 aromatic heterocycles. The Bertz CT molecular complexity index is 1120. The van der Waals surface area contributed by atoms with Gasteiger partial charge < -0.3 is 19.6 Å². The van der Waals surface area contributed by atoms with Crippen molar-refractivity contribution in [1.29, 1.82) is 0 Å². The number of benzene rings is 1. The summed E-state index contributed by atoms with van der Waals surface area (Å²) >= 11 is 8.03. The molecule has 5 rings (SSSR count). The van der Waals surface area contributed by atoms with Crippen molar-refractivity contribution in [3.05, 3.63) is 53.1 Å². The van der Waals surface area contributed by atoms with Crippen LogP contribution in [-0.4, -0.2) is 69.6 Å². The summed E-state index contributed by atoms with van der Waals surface area (Å²) in [6.07, 6.45) is 9.41. The molecule has 4 aliphatic heterocycles. The zero-order valence-corrected chi connectivity index (χ0v) is 21.3. The fourth-order valence-electron chi connectivity index (χ4n) is 6.15. The van der Waals surface area contributed by atoms with E-state index in [0.29, 0.717) is 17.3 Å².